The molecule has 0 radical (unpaired) electrons. The number of alkyl halides is 3. The number of halogens is 3. The van der Waals surface area contributed by atoms with E-state index in [1.807, 2.05) is 6.08 Å². The first-order valence-electron chi connectivity index (χ1n) is 5.60. The van der Waals surface area contributed by atoms with Crippen LogP contribution in [0.4, 0.5) is 13.2 Å². The van der Waals surface area contributed by atoms with Crippen LogP contribution >= 0.6 is 0 Å². The third-order valence-electron chi connectivity index (χ3n) is 3.43. The Bertz CT molecular complexity index is 250. The molecule has 0 aromatic heterocycles. The lowest BCUT2D eigenvalue weighted by atomic mass is 10.0. The fourth-order valence-corrected chi connectivity index (χ4v) is 2.90. The second-order valence-electron chi connectivity index (χ2n) is 4.84. The molecular weight excluding hydrogens is 217 g/mol. The Kier molecular flexibility index (Phi) is 3.26. The quantitative estimate of drug-likeness (QED) is 0.684. The minimum absolute atomic E-state index is 0.419. The maximum atomic E-state index is 12.2. The fraction of sp³-hybridized carbons (Fsp3) is 0.818. The molecule has 2 fully saturated rings. The summed E-state index contributed by atoms with van der Waals surface area (Å²) >= 11 is 0. The lowest BCUT2D eigenvalue weighted by molar-refractivity contribution is -0.144. The summed E-state index contributed by atoms with van der Waals surface area (Å²) in [5.41, 5.74) is 0. The Morgan fingerprint density at radius 3 is 2.00 bits per heavy atom. The van der Waals surface area contributed by atoms with Crippen LogP contribution in [0.3, 0.4) is 0 Å². The van der Waals surface area contributed by atoms with Crippen molar-refractivity contribution in [3.8, 4) is 0 Å². The zero-order valence-corrected chi connectivity index (χ0v) is 9.21. The number of nitrogens with zero attached hydrogens (tertiary/aromatic N) is 2. The normalized spacial score (nSPS) is 31.9. The van der Waals surface area contributed by atoms with Crippen molar-refractivity contribution in [2.45, 2.75) is 6.18 Å². The SMILES string of the molecule is C=CCN1CC2CN(CC(F)(F)F)CC2C1. The van der Waals surface area contributed by atoms with Gasteiger partial charge in [-0.1, -0.05) is 6.08 Å². The Morgan fingerprint density at radius 1 is 1.06 bits per heavy atom. The number of likely N-dealkylation sites (tertiary alicyclic amines) is 2. The monoisotopic (exact) mass is 234 g/mol. The van der Waals surface area contributed by atoms with E-state index in [2.05, 4.69) is 11.5 Å². The molecule has 2 saturated heterocycles. The minimum atomic E-state index is -4.06. The molecule has 0 aromatic carbocycles. The standard InChI is InChI=1S/C11H17F3N2/c1-2-3-15-4-9-6-16(7-10(9)5-15)8-11(12,13)14/h2,9-10H,1,3-8H2. The number of fused-ring (bicyclic) bond motifs is 1. The van der Waals surface area contributed by atoms with E-state index < -0.39 is 12.7 Å². The van der Waals surface area contributed by atoms with Gasteiger partial charge in [0, 0.05) is 32.7 Å². The predicted octanol–water partition coefficient (Wildman–Crippen LogP) is 1.60. The highest BCUT2D eigenvalue weighted by molar-refractivity contribution is 4.94. The van der Waals surface area contributed by atoms with Gasteiger partial charge in [0.15, 0.2) is 0 Å². The highest BCUT2D eigenvalue weighted by atomic mass is 19.4. The van der Waals surface area contributed by atoms with E-state index in [-0.39, 0.29) is 0 Å². The highest BCUT2D eigenvalue weighted by Crippen LogP contribution is 2.32. The van der Waals surface area contributed by atoms with E-state index in [0.717, 1.165) is 19.6 Å². The molecule has 2 aliphatic heterocycles. The first-order chi connectivity index (χ1) is 7.48. The Balaban J connectivity index is 1.82. The maximum absolute atomic E-state index is 12.2. The number of rotatable bonds is 3. The molecule has 2 unspecified atom stereocenters. The van der Waals surface area contributed by atoms with Crippen molar-refractivity contribution in [1.29, 1.82) is 0 Å². The zero-order valence-electron chi connectivity index (χ0n) is 9.21. The van der Waals surface area contributed by atoms with E-state index in [4.69, 9.17) is 0 Å². The third-order valence-corrected chi connectivity index (χ3v) is 3.43. The van der Waals surface area contributed by atoms with Gasteiger partial charge in [-0.05, 0) is 11.8 Å². The Hall–Kier alpha value is -0.550. The van der Waals surface area contributed by atoms with Crippen LogP contribution < -0.4 is 0 Å². The molecule has 92 valence electrons. The number of hydrogen-bond donors (Lipinski definition) is 0. The summed E-state index contributed by atoms with van der Waals surface area (Å²) in [5, 5.41) is 0. The molecule has 2 rings (SSSR count). The Labute approximate surface area is 93.7 Å². The average Bonchev–Trinajstić information content (AvgIpc) is 2.58. The molecule has 0 N–H and O–H groups in total. The van der Waals surface area contributed by atoms with E-state index in [1.54, 1.807) is 4.90 Å². The first kappa shape index (κ1) is 11.9. The van der Waals surface area contributed by atoms with Crippen molar-refractivity contribution in [2.75, 3.05) is 39.3 Å². The average molecular weight is 234 g/mol. The molecule has 5 heteroatoms. The maximum Gasteiger partial charge on any atom is 0.401 e. The van der Waals surface area contributed by atoms with Crippen LogP contribution in [0.25, 0.3) is 0 Å². The predicted molar refractivity (Wildman–Crippen MR) is 56.1 cm³/mol. The third kappa shape index (κ3) is 2.77. The molecule has 0 bridgehead atoms. The van der Waals surface area contributed by atoms with Crippen molar-refractivity contribution in [2.24, 2.45) is 11.8 Å². The van der Waals surface area contributed by atoms with Gasteiger partial charge in [0.2, 0.25) is 0 Å². The number of hydrogen-bond acceptors (Lipinski definition) is 2. The smallest absolute Gasteiger partial charge is 0.299 e. The van der Waals surface area contributed by atoms with Crippen molar-refractivity contribution >= 4 is 0 Å². The van der Waals surface area contributed by atoms with Crippen LogP contribution in [0.2, 0.25) is 0 Å². The van der Waals surface area contributed by atoms with Gasteiger partial charge in [-0.15, -0.1) is 6.58 Å². The molecule has 0 aliphatic carbocycles. The van der Waals surface area contributed by atoms with Crippen LogP contribution in [-0.2, 0) is 0 Å². The van der Waals surface area contributed by atoms with Crippen molar-refractivity contribution < 1.29 is 13.2 Å². The van der Waals surface area contributed by atoms with Crippen LogP contribution in [0.15, 0.2) is 12.7 Å². The molecule has 0 aromatic rings. The van der Waals surface area contributed by atoms with Gasteiger partial charge < -0.3 is 0 Å². The summed E-state index contributed by atoms with van der Waals surface area (Å²) in [4.78, 5) is 3.81. The van der Waals surface area contributed by atoms with Gasteiger partial charge in [-0.2, -0.15) is 13.2 Å². The first-order valence-corrected chi connectivity index (χ1v) is 5.60. The topological polar surface area (TPSA) is 6.48 Å². The molecule has 2 aliphatic rings. The second kappa shape index (κ2) is 4.37. The van der Waals surface area contributed by atoms with Crippen molar-refractivity contribution in [3.05, 3.63) is 12.7 Å². The van der Waals surface area contributed by atoms with E-state index in [1.165, 1.54) is 0 Å². The summed E-state index contributed by atoms with van der Waals surface area (Å²) in [6, 6.07) is 0. The molecule has 2 nitrogen and oxygen atoms in total. The van der Waals surface area contributed by atoms with Crippen LogP contribution in [0, 0.1) is 11.8 Å². The highest BCUT2D eigenvalue weighted by Gasteiger charge is 2.42. The molecule has 2 heterocycles. The summed E-state index contributed by atoms with van der Waals surface area (Å²) in [6.45, 7) is 6.82. The van der Waals surface area contributed by atoms with E-state index in [9.17, 15) is 13.2 Å². The van der Waals surface area contributed by atoms with Crippen molar-refractivity contribution in [1.82, 2.24) is 9.80 Å². The van der Waals surface area contributed by atoms with Gasteiger partial charge in [0.05, 0.1) is 6.54 Å². The molecule has 0 saturated carbocycles. The van der Waals surface area contributed by atoms with Gasteiger partial charge in [-0.25, -0.2) is 0 Å². The summed E-state index contributed by atoms with van der Waals surface area (Å²) < 4.78 is 36.6. The summed E-state index contributed by atoms with van der Waals surface area (Å²) in [6.07, 6.45) is -2.20. The molecule has 0 amide bonds. The molecular formula is C11H17F3N2. The van der Waals surface area contributed by atoms with Gasteiger partial charge in [-0.3, -0.25) is 9.80 Å². The molecule has 16 heavy (non-hydrogen) atoms. The fourth-order valence-electron chi connectivity index (χ4n) is 2.90. The molecule has 0 spiro atoms. The lowest BCUT2D eigenvalue weighted by Crippen LogP contribution is -2.35. The van der Waals surface area contributed by atoms with Gasteiger partial charge in [0.1, 0.15) is 0 Å². The van der Waals surface area contributed by atoms with E-state index >= 15 is 0 Å². The summed E-state index contributed by atoms with van der Waals surface area (Å²) in [5.74, 6) is 0.838. The Morgan fingerprint density at radius 2 is 1.56 bits per heavy atom. The van der Waals surface area contributed by atoms with Crippen LogP contribution in [-0.4, -0.2) is 55.2 Å². The lowest BCUT2D eigenvalue weighted by Gasteiger charge is -2.21. The second-order valence-corrected chi connectivity index (χ2v) is 4.84. The van der Waals surface area contributed by atoms with Crippen molar-refractivity contribution in [3.63, 3.8) is 0 Å². The van der Waals surface area contributed by atoms with E-state index in [0.29, 0.717) is 24.9 Å². The largest absolute Gasteiger partial charge is 0.401 e. The van der Waals surface area contributed by atoms with Gasteiger partial charge >= 0.3 is 6.18 Å². The summed E-state index contributed by atoms with van der Waals surface area (Å²) in [7, 11) is 0. The minimum Gasteiger partial charge on any atom is -0.299 e. The van der Waals surface area contributed by atoms with Crippen LogP contribution in [0.1, 0.15) is 0 Å². The zero-order chi connectivity index (χ0) is 11.8. The molecule has 2 atom stereocenters. The van der Waals surface area contributed by atoms with Crippen LogP contribution in [0.5, 0.6) is 0 Å². The van der Waals surface area contributed by atoms with Gasteiger partial charge in [0.25, 0.3) is 0 Å².